The summed E-state index contributed by atoms with van der Waals surface area (Å²) < 4.78 is 0.971. The number of aryl methyl sites for hydroxylation is 1. The van der Waals surface area contributed by atoms with E-state index in [4.69, 9.17) is 5.73 Å². The molecule has 2 N–H and O–H groups in total. The minimum absolute atomic E-state index is 0.0631. The summed E-state index contributed by atoms with van der Waals surface area (Å²) in [6.45, 7) is 1.90. The maximum Gasteiger partial charge on any atom is 0.269 e. The third kappa shape index (κ3) is 3.00. The van der Waals surface area contributed by atoms with Gasteiger partial charge in [0.05, 0.1) is 11.0 Å². The van der Waals surface area contributed by atoms with Crippen LogP contribution in [0.2, 0.25) is 0 Å². The molecule has 2 aromatic carbocycles. The average molecular weight is 321 g/mol. The molecular weight excluding hydrogens is 308 g/mol. The molecule has 0 aliphatic rings. The van der Waals surface area contributed by atoms with E-state index in [1.54, 1.807) is 12.1 Å². The van der Waals surface area contributed by atoms with Crippen LogP contribution in [0.3, 0.4) is 0 Å². The highest BCUT2D eigenvalue weighted by atomic mass is 79.9. The van der Waals surface area contributed by atoms with Crippen molar-refractivity contribution in [2.45, 2.75) is 13.0 Å². The predicted octanol–water partition coefficient (Wildman–Crippen LogP) is 3.71. The molecule has 0 aliphatic heterocycles. The van der Waals surface area contributed by atoms with Crippen LogP contribution in [-0.2, 0) is 0 Å². The summed E-state index contributed by atoms with van der Waals surface area (Å²) >= 11 is 3.37. The minimum atomic E-state index is -0.406. The van der Waals surface area contributed by atoms with E-state index in [-0.39, 0.29) is 11.7 Å². The Balaban J connectivity index is 2.42. The molecule has 98 valence electrons. The first kappa shape index (κ1) is 13.7. The zero-order valence-electron chi connectivity index (χ0n) is 10.3. The number of rotatable bonds is 3. The van der Waals surface area contributed by atoms with Crippen LogP contribution in [0.25, 0.3) is 0 Å². The molecule has 0 radical (unpaired) electrons. The van der Waals surface area contributed by atoms with Gasteiger partial charge in [-0.2, -0.15) is 0 Å². The van der Waals surface area contributed by atoms with Crippen LogP contribution in [0.4, 0.5) is 5.69 Å². The zero-order chi connectivity index (χ0) is 14.0. The quantitative estimate of drug-likeness (QED) is 0.692. The van der Waals surface area contributed by atoms with Gasteiger partial charge in [-0.15, -0.1) is 0 Å². The van der Waals surface area contributed by atoms with E-state index >= 15 is 0 Å². The summed E-state index contributed by atoms with van der Waals surface area (Å²) in [5, 5.41) is 10.8. The molecule has 5 heteroatoms. The standard InChI is InChI=1S/C14H13BrN2O2/c1-9-2-7-12(17(18)19)8-13(9)14(16)10-3-5-11(15)6-4-10/h2-8,14H,16H2,1H3. The van der Waals surface area contributed by atoms with Crippen LogP contribution < -0.4 is 5.73 Å². The molecule has 0 bridgehead atoms. The molecule has 1 atom stereocenters. The predicted molar refractivity (Wildman–Crippen MR) is 78.0 cm³/mol. The van der Waals surface area contributed by atoms with Crippen LogP contribution in [0, 0.1) is 17.0 Å². The lowest BCUT2D eigenvalue weighted by atomic mass is 9.95. The Bertz CT molecular complexity index is 611. The first-order valence-corrected chi connectivity index (χ1v) is 6.54. The van der Waals surface area contributed by atoms with Crippen molar-refractivity contribution in [1.82, 2.24) is 0 Å². The van der Waals surface area contributed by atoms with Crippen LogP contribution in [0.5, 0.6) is 0 Å². The SMILES string of the molecule is Cc1ccc([N+](=O)[O-])cc1C(N)c1ccc(Br)cc1. The normalized spacial score (nSPS) is 12.2. The van der Waals surface area contributed by atoms with Crippen LogP contribution in [0.1, 0.15) is 22.7 Å². The average Bonchev–Trinajstić information content (AvgIpc) is 2.39. The third-order valence-corrected chi connectivity index (χ3v) is 3.57. The second kappa shape index (κ2) is 5.50. The molecule has 0 aliphatic carbocycles. The summed E-state index contributed by atoms with van der Waals surface area (Å²) in [5.41, 5.74) is 8.90. The van der Waals surface area contributed by atoms with Gasteiger partial charge in [0.15, 0.2) is 0 Å². The monoisotopic (exact) mass is 320 g/mol. The summed E-state index contributed by atoms with van der Waals surface area (Å²) in [5.74, 6) is 0. The Morgan fingerprint density at radius 1 is 1.21 bits per heavy atom. The van der Waals surface area contributed by atoms with Crippen LogP contribution in [-0.4, -0.2) is 4.92 Å². The van der Waals surface area contributed by atoms with Gasteiger partial charge in [0, 0.05) is 16.6 Å². The van der Waals surface area contributed by atoms with Crippen molar-refractivity contribution in [1.29, 1.82) is 0 Å². The second-order valence-corrected chi connectivity index (χ2v) is 5.24. The van der Waals surface area contributed by atoms with Crippen LogP contribution in [0.15, 0.2) is 46.9 Å². The highest BCUT2D eigenvalue weighted by Gasteiger charge is 2.15. The van der Waals surface area contributed by atoms with Crippen molar-refractivity contribution in [2.75, 3.05) is 0 Å². The fourth-order valence-electron chi connectivity index (χ4n) is 1.93. The molecular formula is C14H13BrN2O2. The Kier molecular flexibility index (Phi) is 3.97. The molecule has 0 saturated heterocycles. The van der Waals surface area contributed by atoms with E-state index in [1.807, 2.05) is 31.2 Å². The minimum Gasteiger partial charge on any atom is -0.320 e. The highest BCUT2D eigenvalue weighted by Crippen LogP contribution is 2.27. The Hall–Kier alpha value is -1.72. The van der Waals surface area contributed by atoms with Gasteiger partial charge in [-0.25, -0.2) is 0 Å². The summed E-state index contributed by atoms with van der Waals surface area (Å²) in [6, 6.07) is 12.0. The number of hydrogen-bond acceptors (Lipinski definition) is 3. The number of nitrogens with zero attached hydrogens (tertiary/aromatic N) is 1. The van der Waals surface area contributed by atoms with Gasteiger partial charge in [0.25, 0.3) is 5.69 Å². The Morgan fingerprint density at radius 3 is 2.42 bits per heavy atom. The maximum atomic E-state index is 10.8. The van der Waals surface area contributed by atoms with Crippen molar-refractivity contribution in [3.8, 4) is 0 Å². The molecule has 4 nitrogen and oxygen atoms in total. The van der Waals surface area contributed by atoms with E-state index in [1.165, 1.54) is 6.07 Å². The van der Waals surface area contributed by atoms with Gasteiger partial charge in [-0.3, -0.25) is 10.1 Å². The lowest BCUT2D eigenvalue weighted by molar-refractivity contribution is -0.384. The van der Waals surface area contributed by atoms with Crippen molar-refractivity contribution in [3.05, 3.63) is 73.7 Å². The summed E-state index contributed by atoms with van der Waals surface area (Å²) in [6.07, 6.45) is 0. The van der Waals surface area contributed by atoms with Crippen molar-refractivity contribution in [3.63, 3.8) is 0 Å². The molecule has 2 rings (SSSR count). The van der Waals surface area contributed by atoms with E-state index in [2.05, 4.69) is 15.9 Å². The van der Waals surface area contributed by atoms with Gasteiger partial charge in [-0.05, 0) is 35.7 Å². The highest BCUT2D eigenvalue weighted by molar-refractivity contribution is 9.10. The summed E-state index contributed by atoms with van der Waals surface area (Å²) in [7, 11) is 0. The molecule has 0 heterocycles. The third-order valence-electron chi connectivity index (χ3n) is 3.04. The number of nitro benzene ring substituents is 1. The van der Waals surface area contributed by atoms with E-state index in [0.29, 0.717) is 0 Å². The van der Waals surface area contributed by atoms with Crippen molar-refractivity contribution in [2.24, 2.45) is 5.73 Å². The first-order chi connectivity index (χ1) is 8.99. The topological polar surface area (TPSA) is 69.2 Å². The lowest BCUT2D eigenvalue weighted by Gasteiger charge is -2.15. The van der Waals surface area contributed by atoms with Crippen molar-refractivity contribution >= 4 is 21.6 Å². The zero-order valence-corrected chi connectivity index (χ0v) is 11.9. The number of halogens is 1. The smallest absolute Gasteiger partial charge is 0.269 e. The van der Waals surface area contributed by atoms with Crippen LogP contribution >= 0.6 is 15.9 Å². The molecule has 0 aromatic heterocycles. The van der Waals surface area contributed by atoms with Gasteiger partial charge in [0.2, 0.25) is 0 Å². The number of hydrogen-bond donors (Lipinski definition) is 1. The Labute approximate surface area is 119 Å². The molecule has 0 spiro atoms. The molecule has 0 amide bonds. The molecule has 19 heavy (non-hydrogen) atoms. The second-order valence-electron chi connectivity index (χ2n) is 4.33. The molecule has 0 saturated carbocycles. The van der Waals surface area contributed by atoms with Gasteiger partial charge in [0.1, 0.15) is 0 Å². The van der Waals surface area contributed by atoms with E-state index in [0.717, 1.165) is 21.2 Å². The number of nitrogens with two attached hydrogens (primary N) is 1. The summed E-state index contributed by atoms with van der Waals surface area (Å²) in [4.78, 5) is 10.4. The van der Waals surface area contributed by atoms with E-state index < -0.39 is 4.92 Å². The van der Waals surface area contributed by atoms with Crippen molar-refractivity contribution < 1.29 is 4.92 Å². The maximum absolute atomic E-state index is 10.8. The van der Waals surface area contributed by atoms with Gasteiger partial charge in [-0.1, -0.05) is 34.1 Å². The van der Waals surface area contributed by atoms with Gasteiger partial charge < -0.3 is 5.73 Å². The number of non-ortho nitro benzene ring substituents is 1. The molecule has 2 aromatic rings. The number of benzene rings is 2. The van der Waals surface area contributed by atoms with Gasteiger partial charge >= 0.3 is 0 Å². The molecule has 0 fully saturated rings. The first-order valence-electron chi connectivity index (χ1n) is 5.75. The fourth-order valence-corrected chi connectivity index (χ4v) is 2.19. The fraction of sp³-hybridized carbons (Fsp3) is 0.143. The van der Waals surface area contributed by atoms with E-state index in [9.17, 15) is 10.1 Å². The molecule has 1 unspecified atom stereocenters. The Morgan fingerprint density at radius 2 is 1.84 bits per heavy atom. The lowest BCUT2D eigenvalue weighted by Crippen LogP contribution is -2.13. The number of nitro groups is 1. The largest absolute Gasteiger partial charge is 0.320 e.